The number of aromatic amines is 1. The van der Waals surface area contributed by atoms with Gasteiger partial charge < -0.3 is 10.3 Å². The molecular formula is C24H21N3O2. The number of hydrogen-bond acceptors (Lipinski definition) is 3. The fourth-order valence-electron chi connectivity index (χ4n) is 3.31. The van der Waals surface area contributed by atoms with E-state index in [1.807, 2.05) is 48.5 Å². The van der Waals surface area contributed by atoms with Crippen LogP contribution in [0.5, 0.6) is 0 Å². The van der Waals surface area contributed by atoms with Crippen molar-refractivity contribution >= 4 is 22.5 Å². The first kappa shape index (κ1) is 18.6. The molecule has 1 aromatic heterocycles. The predicted octanol–water partition coefficient (Wildman–Crippen LogP) is 4.09. The number of fused-ring (bicyclic) bond motifs is 1. The first-order valence-electron chi connectivity index (χ1n) is 9.59. The van der Waals surface area contributed by atoms with E-state index in [-0.39, 0.29) is 17.9 Å². The highest BCUT2D eigenvalue weighted by atomic mass is 16.1. The van der Waals surface area contributed by atoms with E-state index in [4.69, 9.17) is 0 Å². The maximum absolute atomic E-state index is 12.5. The zero-order chi connectivity index (χ0) is 20.1. The normalized spacial score (nSPS) is 10.8. The third-order valence-electron chi connectivity index (χ3n) is 4.78. The number of H-pyrrole nitrogens is 1. The van der Waals surface area contributed by atoms with E-state index < -0.39 is 0 Å². The number of aromatic nitrogens is 2. The van der Waals surface area contributed by atoms with Crippen LogP contribution in [0.3, 0.4) is 0 Å². The Balaban J connectivity index is 1.44. The predicted molar refractivity (Wildman–Crippen MR) is 115 cm³/mol. The van der Waals surface area contributed by atoms with Gasteiger partial charge in [0.25, 0.3) is 5.56 Å². The zero-order valence-corrected chi connectivity index (χ0v) is 15.9. The van der Waals surface area contributed by atoms with Crippen molar-refractivity contribution < 1.29 is 4.79 Å². The van der Waals surface area contributed by atoms with E-state index in [0.717, 1.165) is 17.7 Å². The summed E-state index contributed by atoms with van der Waals surface area (Å²) < 4.78 is 0. The van der Waals surface area contributed by atoms with E-state index >= 15 is 0 Å². The van der Waals surface area contributed by atoms with Crippen molar-refractivity contribution in [2.24, 2.45) is 0 Å². The highest BCUT2D eigenvalue weighted by molar-refractivity contribution is 5.91. The third kappa shape index (κ3) is 4.58. The molecule has 2 N–H and O–H groups in total. The molecule has 144 valence electrons. The maximum Gasteiger partial charge on any atom is 0.258 e. The number of nitrogens with zero attached hydrogens (tertiary/aromatic N) is 1. The highest BCUT2D eigenvalue weighted by Crippen LogP contribution is 2.19. The number of anilines is 1. The van der Waals surface area contributed by atoms with Gasteiger partial charge >= 0.3 is 0 Å². The smallest absolute Gasteiger partial charge is 0.258 e. The van der Waals surface area contributed by atoms with Gasteiger partial charge in [-0.1, -0.05) is 60.7 Å². The topological polar surface area (TPSA) is 74.8 Å². The van der Waals surface area contributed by atoms with Crippen LogP contribution in [0.1, 0.15) is 23.4 Å². The number of aryl methyl sites for hydroxylation is 1. The second-order valence-electron chi connectivity index (χ2n) is 6.90. The number of amides is 1. The molecule has 0 saturated heterocycles. The quantitative estimate of drug-likeness (QED) is 0.527. The Labute approximate surface area is 168 Å². The minimum atomic E-state index is -0.181. The Kier molecular flexibility index (Phi) is 5.47. The van der Waals surface area contributed by atoms with Gasteiger partial charge in [0.15, 0.2) is 0 Å². The van der Waals surface area contributed by atoms with Gasteiger partial charge in [0.2, 0.25) is 5.91 Å². The first-order valence-corrected chi connectivity index (χ1v) is 9.59. The van der Waals surface area contributed by atoms with Crippen molar-refractivity contribution in [3.63, 3.8) is 0 Å². The van der Waals surface area contributed by atoms with E-state index in [9.17, 15) is 9.59 Å². The second-order valence-corrected chi connectivity index (χ2v) is 6.90. The lowest BCUT2D eigenvalue weighted by Crippen LogP contribution is -2.17. The van der Waals surface area contributed by atoms with E-state index in [1.54, 1.807) is 18.2 Å². The Bertz CT molecular complexity index is 1200. The van der Waals surface area contributed by atoms with Crippen molar-refractivity contribution in [3.8, 4) is 0 Å². The SMILES string of the molecule is O=C(CCc1nc2ccccc2c(=O)[nH]1)Nc1ccccc1Cc1ccccc1. The Morgan fingerprint density at radius 1 is 0.897 bits per heavy atom. The summed E-state index contributed by atoms with van der Waals surface area (Å²) in [7, 11) is 0. The molecular weight excluding hydrogens is 362 g/mol. The van der Waals surface area contributed by atoms with Crippen molar-refractivity contribution in [2.75, 3.05) is 5.32 Å². The standard InChI is InChI=1S/C24H21N3O2/c28-23(15-14-22-25-21-13-7-5-11-19(21)24(29)27-22)26-20-12-6-4-10-18(20)16-17-8-2-1-3-9-17/h1-13H,14-16H2,(H,26,28)(H,25,27,29). The maximum atomic E-state index is 12.5. The molecule has 0 saturated carbocycles. The minimum absolute atomic E-state index is 0.110. The number of para-hydroxylation sites is 2. The number of carbonyl (C=O) groups excluding carboxylic acids is 1. The second kappa shape index (κ2) is 8.52. The molecule has 4 aromatic rings. The Hall–Kier alpha value is -3.73. The van der Waals surface area contributed by atoms with Crippen molar-refractivity contribution in [2.45, 2.75) is 19.3 Å². The molecule has 5 heteroatoms. The summed E-state index contributed by atoms with van der Waals surface area (Å²) in [6, 6.07) is 25.1. The van der Waals surface area contributed by atoms with Gasteiger partial charge in [-0.15, -0.1) is 0 Å². The van der Waals surface area contributed by atoms with Crippen molar-refractivity contribution in [1.82, 2.24) is 9.97 Å². The molecule has 5 nitrogen and oxygen atoms in total. The molecule has 1 heterocycles. The molecule has 0 aliphatic heterocycles. The van der Waals surface area contributed by atoms with Crippen LogP contribution in [0.25, 0.3) is 10.9 Å². The molecule has 0 unspecified atom stereocenters. The summed E-state index contributed by atoms with van der Waals surface area (Å²) in [5.74, 6) is 0.405. The summed E-state index contributed by atoms with van der Waals surface area (Å²) in [6.45, 7) is 0. The molecule has 0 radical (unpaired) electrons. The van der Waals surface area contributed by atoms with E-state index in [1.165, 1.54) is 5.56 Å². The van der Waals surface area contributed by atoms with E-state index in [2.05, 4.69) is 27.4 Å². The lowest BCUT2D eigenvalue weighted by Gasteiger charge is -2.11. The van der Waals surface area contributed by atoms with Gasteiger partial charge in [0, 0.05) is 18.5 Å². The fraction of sp³-hybridized carbons (Fsp3) is 0.125. The molecule has 0 aliphatic carbocycles. The molecule has 4 rings (SSSR count). The largest absolute Gasteiger partial charge is 0.326 e. The van der Waals surface area contributed by atoms with Crippen LogP contribution in [-0.2, 0) is 17.6 Å². The average Bonchev–Trinajstić information content (AvgIpc) is 2.74. The summed E-state index contributed by atoms with van der Waals surface area (Å²) in [6.07, 6.45) is 1.35. The van der Waals surface area contributed by atoms with Gasteiger partial charge in [-0.05, 0) is 35.7 Å². The Morgan fingerprint density at radius 2 is 1.62 bits per heavy atom. The number of benzene rings is 3. The summed E-state index contributed by atoms with van der Waals surface area (Å²) in [4.78, 5) is 31.9. The van der Waals surface area contributed by atoms with E-state index in [0.29, 0.717) is 23.1 Å². The fourth-order valence-corrected chi connectivity index (χ4v) is 3.31. The van der Waals surface area contributed by atoms with Gasteiger partial charge in [0.1, 0.15) is 5.82 Å². The van der Waals surface area contributed by atoms with Crippen LogP contribution < -0.4 is 10.9 Å². The molecule has 0 atom stereocenters. The third-order valence-corrected chi connectivity index (χ3v) is 4.78. The van der Waals surface area contributed by atoms with Gasteiger partial charge in [-0.3, -0.25) is 9.59 Å². The Morgan fingerprint density at radius 3 is 2.48 bits per heavy atom. The summed E-state index contributed by atoms with van der Waals surface area (Å²) in [5.41, 5.74) is 3.51. The van der Waals surface area contributed by atoms with Gasteiger partial charge in [-0.2, -0.15) is 0 Å². The van der Waals surface area contributed by atoms with Crippen molar-refractivity contribution in [1.29, 1.82) is 0 Å². The number of carbonyl (C=O) groups is 1. The van der Waals surface area contributed by atoms with Crippen molar-refractivity contribution in [3.05, 3.63) is 106 Å². The number of hydrogen-bond donors (Lipinski definition) is 2. The van der Waals surface area contributed by atoms with Crippen LogP contribution in [-0.4, -0.2) is 15.9 Å². The van der Waals surface area contributed by atoms with Crippen LogP contribution in [0.15, 0.2) is 83.7 Å². The lowest BCUT2D eigenvalue weighted by molar-refractivity contribution is -0.116. The molecule has 29 heavy (non-hydrogen) atoms. The highest BCUT2D eigenvalue weighted by Gasteiger charge is 2.09. The van der Waals surface area contributed by atoms with Gasteiger partial charge in [0.05, 0.1) is 10.9 Å². The molecule has 1 amide bonds. The summed E-state index contributed by atoms with van der Waals surface area (Å²) in [5, 5.41) is 3.55. The van der Waals surface area contributed by atoms with Crippen LogP contribution in [0.2, 0.25) is 0 Å². The number of nitrogens with one attached hydrogen (secondary N) is 2. The molecule has 0 spiro atoms. The monoisotopic (exact) mass is 383 g/mol. The zero-order valence-electron chi connectivity index (χ0n) is 15.9. The molecule has 3 aromatic carbocycles. The average molecular weight is 383 g/mol. The lowest BCUT2D eigenvalue weighted by atomic mass is 10.0. The van der Waals surface area contributed by atoms with Gasteiger partial charge in [-0.25, -0.2) is 4.98 Å². The molecule has 0 bridgehead atoms. The minimum Gasteiger partial charge on any atom is -0.326 e. The first-order chi connectivity index (χ1) is 14.2. The molecule has 0 aliphatic rings. The summed E-state index contributed by atoms with van der Waals surface area (Å²) >= 11 is 0. The van der Waals surface area contributed by atoms with Crippen LogP contribution >= 0.6 is 0 Å². The van der Waals surface area contributed by atoms with Crippen LogP contribution in [0, 0.1) is 0 Å². The number of rotatable bonds is 6. The molecule has 0 fully saturated rings. The van der Waals surface area contributed by atoms with Crippen LogP contribution in [0.4, 0.5) is 5.69 Å².